The first-order valence-corrected chi connectivity index (χ1v) is 7.94. The number of fused-ring (bicyclic) bond motifs is 3. The van der Waals surface area contributed by atoms with Crippen LogP contribution >= 0.6 is 0 Å². The maximum absolute atomic E-state index is 12.4. The molecule has 0 aromatic heterocycles. The van der Waals surface area contributed by atoms with Gasteiger partial charge in [-0.05, 0) is 55.6 Å². The first kappa shape index (κ1) is 12.4. The first-order chi connectivity index (χ1) is 9.79. The predicted octanol–water partition coefficient (Wildman–Crippen LogP) is 2.72. The van der Waals surface area contributed by atoms with E-state index in [0.29, 0.717) is 6.04 Å². The van der Waals surface area contributed by atoms with Gasteiger partial charge in [0.05, 0.1) is 6.04 Å². The highest BCUT2D eigenvalue weighted by atomic mass is 16.2. The smallest absolute Gasteiger partial charge is 0.241 e. The largest absolute Gasteiger partial charge is 0.324 e. The Morgan fingerprint density at radius 2 is 2.00 bits per heavy atom. The third kappa shape index (κ3) is 2.14. The van der Waals surface area contributed by atoms with E-state index in [0.717, 1.165) is 30.4 Å². The lowest BCUT2D eigenvalue weighted by atomic mass is 9.94. The molecule has 3 heteroatoms. The second-order valence-electron chi connectivity index (χ2n) is 6.69. The van der Waals surface area contributed by atoms with E-state index in [-0.39, 0.29) is 11.9 Å². The van der Waals surface area contributed by atoms with Crippen molar-refractivity contribution in [2.45, 2.75) is 50.6 Å². The summed E-state index contributed by atoms with van der Waals surface area (Å²) in [4.78, 5) is 12.4. The molecule has 4 rings (SSSR count). The summed E-state index contributed by atoms with van der Waals surface area (Å²) in [5.41, 5.74) is 2.26. The average Bonchev–Trinajstić information content (AvgIpc) is 3.03. The predicted molar refractivity (Wildman–Crippen MR) is 79.6 cm³/mol. The van der Waals surface area contributed by atoms with Crippen LogP contribution in [0.5, 0.6) is 0 Å². The Morgan fingerprint density at radius 3 is 2.80 bits per heavy atom. The number of anilines is 1. The van der Waals surface area contributed by atoms with Crippen LogP contribution in [0.3, 0.4) is 0 Å². The topological polar surface area (TPSA) is 41.1 Å². The molecule has 106 valence electrons. The van der Waals surface area contributed by atoms with E-state index in [1.807, 2.05) is 12.1 Å². The van der Waals surface area contributed by atoms with E-state index in [1.165, 1.54) is 31.2 Å². The fourth-order valence-electron chi connectivity index (χ4n) is 4.38. The molecule has 0 radical (unpaired) electrons. The minimum atomic E-state index is -0.0215. The zero-order valence-electron chi connectivity index (χ0n) is 11.8. The van der Waals surface area contributed by atoms with Gasteiger partial charge in [-0.1, -0.05) is 24.6 Å². The quantitative estimate of drug-likeness (QED) is 0.867. The molecule has 0 spiro atoms. The number of amides is 1. The molecule has 3 aliphatic rings. The average molecular weight is 270 g/mol. The third-order valence-corrected chi connectivity index (χ3v) is 5.45. The number of aryl methyl sites for hydroxylation is 1. The SMILES string of the molecule is O=C1Nc2ccccc2CCC1NC1CC2CCC1C2. The standard InChI is InChI=1S/C17H22N2O/c20-17-15(18-16-10-11-5-6-13(16)9-11)8-7-12-3-1-2-4-14(12)19-17/h1-4,11,13,15-16,18H,5-10H2,(H,19,20). The van der Waals surface area contributed by atoms with Crippen molar-refractivity contribution in [1.29, 1.82) is 0 Å². The summed E-state index contributed by atoms with van der Waals surface area (Å²) >= 11 is 0. The lowest BCUT2D eigenvalue weighted by molar-refractivity contribution is -0.118. The summed E-state index contributed by atoms with van der Waals surface area (Å²) in [7, 11) is 0. The van der Waals surface area contributed by atoms with E-state index in [1.54, 1.807) is 0 Å². The van der Waals surface area contributed by atoms with Crippen LogP contribution in [0.2, 0.25) is 0 Å². The molecular weight excluding hydrogens is 248 g/mol. The van der Waals surface area contributed by atoms with Crippen LogP contribution in [0.1, 0.15) is 37.7 Å². The van der Waals surface area contributed by atoms with Gasteiger partial charge in [0.15, 0.2) is 0 Å². The molecular formula is C17H22N2O. The first-order valence-electron chi connectivity index (χ1n) is 7.94. The third-order valence-electron chi connectivity index (χ3n) is 5.45. The summed E-state index contributed by atoms with van der Waals surface area (Å²) in [6.45, 7) is 0. The molecule has 1 aromatic rings. The number of carbonyl (C=O) groups is 1. The van der Waals surface area contributed by atoms with Gasteiger partial charge in [0.2, 0.25) is 5.91 Å². The fourth-order valence-corrected chi connectivity index (χ4v) is 4.38. The van der Waals surface area contributed by atoms with Crippen LogP contribution in [0.25, 0.3) is 0 Å². The number of benzene rings is 1. The summed E-state index contributed by atoms with van der Waals surface area (Å²) in [6, 6.07) is 8.72. The van der Waals surface area contributed by atoms with Crippen molar-refractivity contribution in [2.75, 3.05) is 5.32 Å². The highest BCUT2D eigenvalue weighted by Gasteiger charge is 2.41. The second-order valence-corrected chi connectivity index (χ2v) is 6.69. The van der Waals surface area contributed by atoms with Crippen LogP contribution < -0.4 is 10.6 Å². The molecule has 3 nitrogen and oxygen atoms in total. The monoisotopic (exact) mass is 270 g/mol. The minimum Gasteiger partial charge on any atom is -0.324 e. The van der Waals surface area contributed by atoms with E-state index in [2.05, 4.69) is 22.8 Å². The number of hydrogen-bond acceptors (Lipinski definition) is 2. The zero-order chi connectivity index (χ0) is 13.5. The van der Waals surface area contributed by atoms with E-state index in [9.17, 15) is 4.79 Å². The Labute approximate surface area is 120 Å². The summed E-state index contributed by atoms with van der Waals surface area (Å²) in [5, 5.41) is 6.75. The molecule has 4 unspecified atom stereocenters. The van der Waals surface area contributed by atoms with Gasteiger partial charge in [-0.15, -0.1) is 0 Å². The number of hydrogen-bond donors (Lipinski definition) is 2. The van der Waals surface area contributed by atoms with Crippen LogP contribution in [-0.2, 0) is 11.2 Å². The zero-order valence-corrected chi connectivity index (χ0v) is 11.8. The van der Waals surface area contributed by atoms with Gasteiger partial charge in [-0.2, -0.15) is 0 Å². The van der Waals surface area contributed by atoms with Crippen LogP contribution in [0.15, 0.2) is 24.3 Å². The molecule has 20 heavy (non-hydrogen) atoms. The molecule has 2 N–H and O–H groups in total. The Bertz CT molecular complexity index is 527. The van der Waals surface area contributed by atoms with Gasteiger partial charge in [0.25, 0.3) is 0 Å². The van der Waals surface area contributed by atoms with Gasteiger partial charge in [-0.3, -0.25) is 4.79 Å². The number of para-hydroxylation sites is 1. The van der Waals surface area contributed by atoms with Gasteiger partial charge >= 0.3 is 0 Å². The molecule has 4 atom stereocenters. The van der Waals surface area contributed by atoms with E-state index < -0.39 is 0 Å². The molecule has 2 fully saturated rings. The van der Waals surface area contributed by atoms with Crippen molar-refractivity contribution in [3.05, 3.63) is 29.8 Å². The van der Waals surface area contributed by atoms with Crippen LogP contribution in [-0.4, -0.2) is 18.0 Å². The van der Waals surface area contributed by atoms with E-state index >= 15 is 0 Å². The molecule has 2 bridgehead atoms. The Morgan fingerprint density at radius 1 is 1.10 bits per heavy atom. The lowest BCUT2D eigenvalue weighted by Crippen LogP contribution is -2.47. The van der Waals surface area contributed by atoms with Crippen molar-refractivity contribution in [1.82, 2.24) is 5.32 Å². The lowest BCUT2D eigenvalue weighted by Gasteiger charge is -2.27. The van der Waals surface area contributed by atoms with Gasteiger partial charge in [0, 0.05) is 11.7 Å². The Balaban J connectivity index is 1.46. The molecule has 1 aliphatic heterocycles. The normalized spacial score (nSPS) is 35.5. The van der Waals surface area contributed by atoms with E-state index in [4.69, 9.17) is 0 Å². The number of nitrogens with one attached hydrogen (secondary N) is 2. The van der Waals surface area contributed by atoms with Crippen LogP contribution in [0.4, 0.5) is 5.69 Å². The highest BCUT2D eigenvalue weighted by molar-refractivity contribution is 5.96. The summed E-state index contributed by atoms with van der Waals surface area (Å²) in [5.74, 6) is 1.89. The van der Waals surface area contributed by atoms with Crippen LogP contribution in [0, 0.1) is 11.8 Å². The van der Waals surface area contributed by atoms with Crippen molar-refractivity contribution in [3.8, 4) is 0 Å². The molecule has 2 aliphatic carbocycles. The number of rotatable bonds is 2. The maximum atomic E-state index is 12.4. The molecule has 1 heterocycles. The summed E-state index contributed by atoms with van der Waals surface area (Å²) in [6.07, 6.45) is 7.32. The number of carbonyl (C=O) groups excluding carboxylic acids is 1. The fraction of sp³-hybridized carbons (Fsp3) is 0.588. The van der Waals surface area contributed by atoms with Gasteiger partial charge < -0.3 is 10.6 Å². The molecule has 1 aromatic carbocycles. The summed E-state index contributed by atoms with van der Waals surface area (Å²) < 4.78 is 0. The van der Waals surface area contributed by atoms with Gasteiger partial charge in [0.1, 0.15) is 0 Å². The minimum absolute atomic E-state index is 0.0215. The molecule has 2 saturated carbocycles. The van der Waals surface area contributed by atoms with Crippen molar-refractivity contribution < 1.29 is 4.79 Å². The Hall–Kier alpha value is -1.35. The molecule has 0 saturated heterocycles. The molecule has 1 amide bonds. The maximum Gasteiger partial charge on any atom is 0.241 e. The van der Waals surface area contributed by atoms with Crippen molar-refractivity contribution in [2.24, 2.45) is 11.8 Å². The van der Waals surface area contributed by atoms with Gasteiger partial charge in [-0.25, -0.2) is 0 Å². The Kier molecular flexibility index (Phi) is 3.03. The van der Waals surface area contributed by atoms with Crippen molar-refractivity contribution in [3.63, 3.8) is 0 Å². The highest BCUT2D eigenvalue weighted by Crippen LogP contribution is 2.44. The second kappa shape index (κ2) is 4.88. The van der Waals surface area contributed by atoms with Crippen molar-refractivity contribution >= 4 is 11.6 Å².